The van der Waals surface area contributed by atoms with Crippen molar-refractivity contribution in [2.45, 2.75) is 57.8 Å². The lowest BCUT2D eigenvalue weighted by atomic mass is 9.87. The first-order valence-corrected chi connectivity index (χ1v) is 7.76. The maximum atomic E-state index is 12.3. The Labute approximate surface area is 115 Å². The van der Waals surface area contributed by atoms with E-state index in [9.17, 15) is 4.79 Å². The molecule has 0 aliphatic heterocycles. The van der Waals surface area contributed by atoms with Crippen LogP contribution in [0, 0.1) is 5.92 Å². The van der Waals surface area contributed by atoms with Gasteiger partial charge in [0.25, 0.3) is 0 Å². The van der Waals surface area contributed by atoms with Crippen molar-refractivity contribution in [2.24, 2.45) is 5.92 Å². The fourth-order valence-electron chi connectivity index (χ4n) is 3.50. The molecular weight excluding hydrogens is 234 g/mol. The molecule has 1 aromatic carbocycles. The zero-order chi connectivity index (χ0) is 13.1. The summed E-state index contributed by atoms with van der Waals surface area (Å²) in [6.07, 6.45) is 10.7. The van der Waals surface area contributed by atoms with Crippen molar-refractivity contribution in [1.82, 2.24) is 0 Å². The first-order valence-electron chi connectivity index (χ1n) is 7.76. The van der Waals surface area contributed by atoms with Crippen LogP contribution in [0.1, 0.15) is 56.1 Å². The van der Waals surface area contributed by atoms with Crippen LogP contribution in [0.25, 0.3) is 0 Å². The summed E-state index contributed by atoms with van der Waals surface area (Å²) in [7, 11) is 0. The van der Waals surface area contributed by atoms with E-state index in [-0.39, 0.29) is 11.8 Å². The molecule has 0 spiro atoms. The maximum Gasteiger partial charge on any atom is 0.227 e. The Morgan fingerprint density at radius 1 is 1.00 bits per heavy atom. The molecule has 102 valence electrons. The Morgan fingerprint density at radius 2 is 1.79 bits per heavy atom. The molecule has 1 saturated carbocycles. The van der Waals surface area contributed by atoms with E-state index in [0.717, 1.165) is 24.9 Å². The van der Waals surface area contributed by atoms with Crippen LogP contribution in [0.2, 0.25) is 0 Å². The minimum absolute atomic E-state index is 0.244. The first-order chi connectivity index (χ1) is 9.34. The summed E-state index contributed by atoms with van der Waals surface area (Å²) in [6.45, 7) is 0. The number of hydrogen-bond donors (Lipinski definition) is 1. The van der Waals surface area contributed by atoms with E-state index >= 15 is 0 Å². The minimum Gasteiger partial charge on any atom is -0.326 e. The quantitative estimate of drug-likeness (QED) is 0.849. The SMILES string of the molecule is O=C(Nc1cccc2c1CCCC2)C1CCCCC1. The highest BCUT2D eigenvalue weighted by molar-refractivity contribution is 5.93. The van der Waals surface area contributed by atoms with Gasteiger partial charge in [-0.05, 0) is 55.7 Å². The summed E-state index contributed by atoms with van der Waals surface area (Å²) in [5, 5.41) is 3.20. The largest absolute Gasteiger partial charge is 0.326 e. The predicted octanol–water partition coefficient (Wildman–Crippen LogP) is 4.08. The fraction of sp³-hybridized carbons (Fsp3) is 0.588. The molecule has 2 aliphatic rings. The van der Waals surface area contributed by atoms with Crippen molar-refractivity contribution in [3.05, 3.63) is 29.3 Å². The van der Waals surface area contributed by atoms with Gasteiger partial charge in [0.15, 0.2) is 0 Å². The summed E-state index contributed by atoms with van der Waals surface area (Å²) in [5.41, 5.74) is 3.90. The van der Waals surface area contributed by atoms with Gasteiger partial charge >= 0.3 is 0 Å². The summed E-state index contributed by atoms with van der Waals surface area (Å²) in [5.74, 6) is 0.492. The van der Waals surface area contributed by atoms with Crippen LogP contribution in [0.3, 0.4) is 0 Å². The Kier molecular flexibility index (Phi) is 3.86. The number of fused-ring (bicyclic) bond motifs is 1. The van der Waals surface area contributed by atoms with E-state index in [1.807, 2.05) is 0 Å². The van der Waals surface area contributed by atoms with Crippen molar-refractivity contribution >= 4 is 11.6 Å². The van der Waals surface area contributed by atoms with Crippen LogP contribution in [0.5, 0.6) is 0 Å². The molecule has 1 amide bonds. The van der Waals surface area contributed by atoms with Gasteiger partial charge in [0, 0.05) is 11.6 Å². The average Bonchev–Trinajstić information content (AvgIpc) is 2.48. The zero-order valence-electron chi connectivity index (χ0n) is 11.6. The third-order valence-electron chi connectivity index (χ3n) is 4.63. The average molecular weight is 257 g/mol. The third kappa shape index (κ3) is 2.83. The molecule has 0 unspecified atom stereocenters. The van der Waals surface area contributed by atoms with Gasteiger partial charge in [-0.3, -0.25) is 4.79 Å². The molecule has 2 nitrogen and oxygen atoms in total. The van der Waals surface area contributed by atoms with Crippen LogP contribution in [0.15, 0.2) is 18.2 Å². The molecule has 3 rings (SSSR count). The topological polar surface area (TPSA) is 29.1 Å². The monoisotopic (exact) mass is 257 g/mol. The maximum absolute atomic E-state index is 12.3. The molecule has 1 aromatic rings. The number of carbonyl (C=O) groups is 1. The highest BCUT2D eigenvalue weighted by atomic mass is 16.1. The second kappa shape index (κ2) is 5.77. The second-order valence-corrected chi connectivity index (χ2v) is 5.97. The lowest BCUT2D eigenvalue weighted by molar-refractivity contribution is -0.120. The standard InChI is InChI=1S/C17H23NO/c19-17(14-8-2-1-3-9-14)18-16-12-6-10-13-7-4-5-11-15(13)16/h6,10,12,14H,1-5,7-9,11H2,(H,18,19). The minimum atomic E-state index is 0.244. The Morgan fingerprint density at radius 3 is 2.63 bits per heavy atom. The fourth-order valence-corrected chi connectivity index (χ4v) is 3.50. The molecule has 0 atom stereocenters. The third-order valence-corrected chi connectivity index (χ3v) is 4.63. The van der Waals surface area contributed by atoms with Crippen LogP contribution in [-0.4, -0.2) is 5.91 Å². The molecule has 1 fully saturated rings. The number of rotatable bonds is 2. The van der Waals surface area contributed by atoms with Crippen LogP contribution < -0.4 is 5.32 Å². The first kappa shape index (κ1) is 12.7. The molecule has 1 N–H and O–H groups in total. The van der Waals surface area contributed by atoms with Gasteiger partial charge in [-0.1, -0.05) is 31.4 Å². The Bertz CT molecular complexity index is 460. The summed E-state index contributed by atoms with van der Waals surface area (Å²) in [4.78, 5) is 12.3. The molecule has 0 bridgehead atoms. The molecule has 0 heterocycles. The number of carbonyl (C=O) groups excluding carboxylic acids is 1. The lowest BCUT2D eigenvalue weighted by Gasteiger charge is -2.23. The molecule has 2 aliphatic carbocycles. The lowest BCUT2D eigenvalue weighted by Crippen LogP contribution is -2.25. The highest BCUT2D eigenvalue weighted by Crippen LogP contribution is 2.30. The van der Waals surface area contributed by atoms with Crippen molar-refractivity contribution in [1.29, 1.82) is 0 Å². The second-order valence-electron chi connectivity index (χ2n) is 5.97. The van der Waals surface area contributed by atoms with Gasteiger partial charge in [0.2, 0.25) is 5.91 Å². The number of amides is 1. The summed E-state index contributed by atoms with van der Waals surface area (Å²) < 4.78 is 0. The van der Waals surface area contributed by atoms with E-state index in [4.69, 9.17) is 0 Å². The smallest absolute Gasteiger partial charge is 0.227 e. The number of hydrogen-bond acceptors (Lipinski definition) is 1. The van der Waals surface area contributed by atoms with Gasteiger partial charge in [-0.15, -0.1) is 0 Å². The van der Waals surface area contributed by atoms with Gasteiger partial charge in [-0.25, -0.2) is 0 Å². The van der Waals surface area contributed by atoms with Crippen LogP contribution in [0.4, 0.5) is 5.69 Å². The number of aryl methyl sites for hydroxylation is 1. The van der Waals surface area contributed by atoms with E-state index in [0.29, 0.717) is 0 Å². The predicted molar refractivity (Wildman–Crippen MR) is 78.3 cm³/mol. The summed E-state index contributed by atoms with van der Waals surface area (Å²) in [6, 6.07) is 6.37. The van der Waals surface area contributed by atoms with Crippen molar-refractivity contribution in [3.63, 3.8) is 0 Å². The van der Waals surface area contributed by atoms with E-state index in [1.165, 1.54) is 49.7 Å². The van der Waals surface area contributed by atoms with Crippen molar-refractivity contribution < 1.29 is 4.79 Å². The van der Waals surface area contributed by atoms with Crippen LogP contribution in [-0.2, 0) is 17.6 Å². The molecule has 0 radical (unpaired) electrons. The van der Waals surface area contributed by atoms with E-state index < -0.39 is 0 Å². The zero-order valence-corrected chi connectivity index (χ0v) is 11.6. The Balaban J connectivity index is 1.74. The van der Waals surface area contributed by atoms with Crippen molar-refractivity contribution in [2.75, 3.05) is 5.32 Å². The van der Waals surface area contributed by atoms with Gasteiger partial charge in [0.1, 0.15) is 0 Å². The van der Waals surface area contributed by atoms with E-state index in [1.54, 1.807) is 0 Å². The van der Waals surface area contributed by atoms with Gasteiger partial charge < -0.3 is 5.32 Å². The number of nitrogens with one attached hydrogen (secondary N) is 1. The molecule has 0 aromatic heterocycles. The molecule has 19 heavy (non-hydrogen) atoms. The Hall–Kier alpha value is -1.31. The molecule has 0 saturated heterocycles. The van der Waals surface area contributed by atoms with Gasteiger partial charge in [0.05, 0.1) is 0 Å². The van der Waals surface area contributed by atoms with Crippen LogP contribution >= 0.6 is 0 Å². The summed E-state index contributed by atoms with van der Waals surface area (Å²) >= 11 is 0. The number of benzene rings is 1. The highest BCUT2D eigenvalue weighted by Gasteiger charge is 2.22. The van der Waals surface area contributed by atoms with E-state index in [2.05, 4.69) is 23.5 Å². The number of anilines is 1. The molecule has 2 heteroatoms. The normalized spacial score (nSPS) is 19.8. The molecular formula is C17H23NO. The van der Waals surface area contributed by atoms with Crippen molar-refractivity contribution in [3.8, 4) is 0 Å². The van der Waals surface area contributed by atoms with Gasteiger partial charge in [-0.2, -0.15) is 0 Å².